The lowest BCUT2D eigenvalue weighted by Gasteiger charge is -2.18. The van der Waals surface area contributed by atoms with Crippen LogP contribution in [-0.2, 0) is 6.54 Å². The summed E-state index contributed by atoms with van der Waals surface area (Å²) < 4.78 is 41.3. The van der Waals surface area contributed by atoms with Crippen LogP contribution in [0.1, 0.15) is 33.0 Å². The van der Waals surface area contributed by atoms with E-state index in [-0.39, 0.29) is 38.2 Å². The molecule has 1 atom stereocenters. The van der Waals surface area contributed by atoms with Crippen LogP contribution in [0.25, 0.3) is 6.08 Å². The van der Waals surface area contributed by atoms with Crippen molar-refractivity contribution in [2.45, 2.75) is 18.6 Å². The summed E-state index contributed by atoms with van der Waals surface area (Å²) in [5, 5.41) is 2.58. The molecular weight excluding hydrogens is 532 g/mol. The number of allylic oxidation sites excluding steroid dienone is 1. The maximum Gasteiger partial charge on any atom is 0.399 e. The summed E-state index contributed by atoms with van der Waals surface area (Å²) in [7, 11) is 9.76. The van der Waals surface area contributed by atoms with E-state index in [0.717, 1.165) is 29.6 Å². The number of nitrogens with one attached hydrogen (secondary N) is 1. The van der Waals surface area contributed by atoms with Gasteiger partial charge < -0.3 is 10.2 Å². The SMILES string of the molecule is [B]c1cc(/C=C/C(c2cc(Cl)c(Cl)c(Cl)c2)C(F)(F)F)ccc1C(=O)NCc1ccc(N(C)C)nc1. The molecule has 36 heavy (non-hydrogen) atoms. The summed E-state index contributed by atoms with van der Waals surface area (Å²) in [6.07, 6.45) is -0.716. The Bertz CT molecular complexity index is 1260. The van der Waals surface area contributed by atoms with Crippen molar-refractivity contribution in [1.82, 2.24) is 10.3 Å². The summed E-state index contributed by atoms with van der Waals surface area (Å²) in [5.74, 6) is -1.62. The smallest absolute Gasteiger partial charge is 0.363 e. The average molecular weight is 553 g/mol. The molecule has 0 bridgehead atoms. The Morgan fingerprint density at radius 3 is 2.31 bits per heavy atom. The molecule has 1 amide bonds. The van der Waals surface area contributed by atoms with E-state index < -0.39 is 18.0 Å². The molecule has 11 heteroatoms. The largest absolute Gasteiger partial charge is 0.399 e. The minimum Gasteiger partial charge on any atom is -0.363 e. The van der Waals surface area contributed by atoms with Gasteiger partial charge >= 0.3 is 6.18 Å². The number of carbonyl (C=O) groups is 1. The van der Waals surface area contributed by atoms with Crippen LogP contribution in [0.2, 0.25) is 15.1 Å². The fraction of sp³-hybridized carbons (Fsp3) is 0.200. The lowest BCUT2D eigenvalue weighted by molar-refractivity contribution is -0.139. The second kappa shape index (κ2) is 11.6. The predicted molar refractivity (Wildman–Crippen MR) is 141 cm³/mol. The summed E-state index contributed by atoms with van der Waals surface area (Å²) in [5.41, 5.74) is 1.35. The lowest BCUT2D eigenvalue weighted by atomic mass is 9.88. The highest BCUT2D eigenvalue weighted by Gasteiger charge is 2.39. The number of anilines is 1. The van der Waals surface area contributed by atoms with Gasteiger partial charge in [-0.3, -0.25) is 4.79 Å². The van der Waals surface area contributed by atoms with Crippen LogP contribution < -0.4 is 15.7 Å². The Morgan fingerprint density at radius 1 is 1.11 bits per heavy atom. The fourth-order valence-electron chi connectivity index (χ4n) is 3.33. The van der Waals surface area contributed by atoms with Gasteiger partial charge in [0.1, 0.15) is 13.7 Å². The maximum absolute atomic E-state index is 13.8. The molecule has 4 nitrogen and oxygen atoms in total. The molecule has 186 valence electrons. The number of aromatic nitrogens is 1. The van der Waals surface area contributed by atoms with Gasteiger partial charge in [0.05, 0.1) is 21.0 Å². The van der Waals surface area contributed by atoms with Gasteiger partial charge in [0.2, 0.25) is 0 Å². The van der Waals surface area contributed by atoms with Crippen molar-refractivity contribution in [3.63, 3.8) is 0 Å². The number of rotatable bonds is 7. The molecule has 1 N–H and O–H groups in total. The summed E-state index contributed by atoms with van der Waals surface area (Å²) in [6.45, 7) is 0.236. The Balaban J connectivity index is 1.74. The predicted octanol–water partition coefficient (Wildman–Crippen LogP) is 6.19. The number of hydrogen-bond donors (Lipinski definition) is 1. The van der Waals surface area contributed by atoms with Gasteiger partial charge in [-0.2, -0.15) is 13.2 Å². The van der Waals surface area contributed by atoms with Gasteiger partial charge in [-0.15, -0.1) is 0 Å². The van der Waals surface area contributed by atoms with Gasteiger partial charge in [0.15, 0.2) is 0 Å². The zero-order valence-electron chi connectivity index (χ0n) is 19.2. The molecule has 0 saturated carbocycles. The fourth-order valence-corrected chi connectivity index (χ4v) is 3.94. The van der Waals surface area contributed by atoms with Crippen molar-refractivity contribution in [3.8, 4) is 0 Å². The highest BCUT2D eigenvalue weighted by molar-refractivity contribution is 6.48. The molecule has 3 rings (SSSR count). The Morgan fingerprint density at radius 2 is 1.78 bits per heavy atom. The second-order valence-corrected chi connectivity index (χ2v) is 9.32. The van der Waals surface area contributed by atoms with E-state index in [4.69, 9.17) is 42.6 Å². The van der Waals surface area contributed by atoms with Crippen molar-refractivity contribution in [3.05, 3.63) is 92.1 Å². The molecule has 1 aromatic heterocycles. The Labute approximate surface area is 223 Å². The van der Waals surface area contributed by atoms with E-state index in [2.05, 4.69) is 10.3 Å². The maximum atomic E-state index is 13.8. The van der Waals surface area contributed by atoms with Crippen LogP contribution in [-0.4, -0.2) is 39.0 Å². The molecule has 0 aliphatic rings. The van der Waals surface area contributed by atoms with E-state index >= 15 is 0 Å². The van der Waals surface area contributed by atoms with Gasteiger partial charge in [-0.25, -0.2) is 4.98 Å². The first-order valence-corrected chi connectivity index (χ1v) is 11.7. The highest BCUT2D eigenvalue weighted by atomic mass is 35.5. The number of amides is 1. The lowest BCUT2D eigenvalue weighted by Crippen LogP contribution is -2.28. The van der Waals surface area contributed by atoms with Gasteiger partial charge in [0, 0.05) is 32.4 Å². The third-order valence-electron chi connectivity index (χ3n) is 5.24. The molecule has 2 radical (unpaired) electrons. The Kier molecular flexibility index (Phi) is 8.98. The minimum atomic E-state index is -4.61. The number of alkyl halides is 3. The normalized spacial score (nSPS) is 12.6. The standard InChI is InChI=1S/C25H20BCl3F3N3O/c1-35(2)22-8-5-15(12-33-22)13-34-24(36)17-6-3-14(9-19(17)26)4-7-18(25(30,31)32)16-10-20(27)23(29)21(28)11-16/h3-12,18H,13H2,1-2H3,(H,34,36)/b7-4+. The van der Waals surface area contributed by atoms with Crippen molar-refractivity contribution in [1.29, 1.82) is 0 Å². The quantitative estimate of drug-likeness (QED) is 0.281. The summed E-state index contributed by atoms with van der Waals surface area (Å²) in [4.78, 5) is 18.7. The first-order valence-electron chi connectivity index (χ1n) is 10.6. The Hall–Kier alpha value is -2.68. The zero-order valence-corrected chi connectivity index (χ0v) is 21.5. The van der Waals surface area contributed by atoms with E-state index in [1.807, 2.05) is 31.1 Å². The topological polar surface area (TPSA) is 45.2 Å². The van der Waals surface area contributed by atoms with Crippen molar-refractivity contribution >= 4 is 65.9 Å². The molecular formula is C25H20BCl3F3N3O. The molecule has 0 aliphatic heterocycles. The third-order valence-corrected chi connectivity index (χ3v) is 6.44. The van der Waals surface area contributed by atoms with Gasteiger partial charge in [-0.05, 0) is 41.0 Å². The minimum absolute atomic E-state index is 0.0181. The van der Waals surface area contributed by atoms with E-state index in [1.54, 1.807) is 6.20 Å². The molecule has 0 fully saturated rings. The van der Waals surface area contributed by atoms with E-state index in [0.29, 0.717) is 5.56 Å². The molecule has 1 unspecified atom stereocenters. The number of carbonyl (C=O) groups excluding carboxylic acids is 1. The molecule has 0 aliphatic carbocycles. The van der Waals surface area contributed by atoms with Gasteiger partial charge in [0.25, 0.3) is 5.91 Å². The van der Waals surface area contributed by atoms with Crippen LogP contribution in [0.4, 0.5) is 19.0 Å². The van der Waals surface area contributed by atoms with Crippen molar-refractivity contribution < 1.29 is 18.0 Å². The molecule has 1 heterocycles. The van der Waals surface area contributed by atoms with Crippen molar-refractivity contribution in [2.75, 3.05) is 19.0 Å². The first-order chi connectivity index (χ1) is 16.9. The second-order valence-electron chi connectivity index (χ2n) is 8.13. The van der Waals surface area contributed by atoms with Gasteiger partial charge in [-0.1, -0.05) is 70.6 Å². The number of halogens is 6. The molecule has 2 aromatic carbocycles. The monoisotopic (exact) mass is 551 g/mol. The highest BCUT2D eigenvalue weighted by Crippen LogP contribution is 2.41. The zero-order chi connectivity index (χ0) is 26.6. The molecule has 0 spiro atoms. The molecule has 3 aromatic rings. The third kappa shape index (κ3) is 6.96. The van der Waals surface area contributed by atoms with Crippen LogP contribution >= 0.6 is 34.8 Å². The summed E-state index contributed by atoms with van der Waals surface area (Å²) >= 11 is 17.7. The van der Waals surface area contributed by atoms with Crippen LogP contribution in [0.15, 0.2) is 54.7 Å². The van der Waals surface area contributed by atoms with Crippen LogP contribution in [0, 0.1) is 0 Å². The molecule has 0 saturated heterocycles. The number of benzene rings is 2. The number of pyridine rings is 1. The average Bonchev–Trinajstić information content (AvgIpc) is 2.80. The van der Waals surface area contributed by atoms with E-state index in [1.165, 1.54) is 24.3 Å². The first kappa shape index (κ1) is 27.9. The number of nitrogens with zero attached hydrogens (tertiary/aromatic N) is 2. The van der Waals surface area contributed by atoms with Crippen LogP contribution in [0.3, 0.4) is 0 Å². The summed E-state index contributed by atoms with van der Waals surface area (Å²) in [6, 6.07) is 10.3. The van der Waals surface area contributed by atoms with Crippen LogP contribution in [0.5, 0.6) is 0 Å². The number of hydrogen-bond acceptors (Lipinski definition) is 3. The van der Waals surface area contributed by atoms with Crippen molar-refractivity contribution in [2.24, 2.45) is 0 Å². The van der Waals surface area contributed by atoms with E-state index in [9.17, 15) is 18.0 Å².